The highest BCUT2D eigenvalue weighted by molar-refractivity contribution is 7.77. The van der Waals surface area contributed by atoms with Gasteiger partial charge in [0, 0.05) is 18.6 Å². The number of aliphatic hydroxyl groups is 1. The lowest BCUT2D eigenvalue weighted by molar-refractivity contribution is -0.175. The molecule has 2 saturated heterocycles. The van der Waals surface area contributed by atoms with E-state index in [0.717, 1.165) is 4.90 Å². The lowest BCUT2D eigenvalue weighted by Gasteiger charge is -2.25. The molecule has 4 atom stereocenters. The van der Waals surface area contributed by atoms with E-state index in [-0.39, 0.29) is 12.2 Å². The molecule has 0 aliphatic carbocycles. The Morgan fingerprint density at radius 1 is 1.12 bits per heavy atom. The maximum absolute atomic E-state index is 10.7. The zero-order valence-electron chi connectivity index (χ0n) is 15.2. The zero-order chi connectivity index (χ0) is 18.1. The standard InChI is InChI=1S/C19H27O5S/c1-18(2)21-12-15(22-18)17-16(23-19(3,4)24-17)14(20)10-11-25-13-8-6-5-7-9-13/h5-9,11,14-17,20H,10,12H2,1-4H3/q+1/t14-,15+,16+,17+/m0/s1. The molecule has 1 N–H and O–H groups in total. The Morgan fingerprint density at radius 2 is 1.84 bits per heavy atom. The molecule has 0 aromatic heterocycles. The fourth-order valence-corrected chi connectivity index (χ4v) is 3.96. The van der Waals surface area contributed by atoms with E-state index in [1.807, 2.05) is 63.4 Å². The van der Waals surface area contributed by atoms with Crippen LogP contribution in [0.3, 0.4) is 0 Å². The summed E-state index contributed by atoms with van der Waals surface area (Å²) in [5.41, 5.74) is 0. The van der Waals surface area contributed by atoms with Crippen LogP contribution in [-0.2, 0) is 30.3 Å². The zero-order valence-corrected chi connectivity index (χ0v) is 16.0. The first kappa shape index (κ1) is 18.9. The molecule has 0 amide bonds. The normalized spacial score (nSPS) is 32.3. The second-order valence-electron chi connectivity index (χ2n) is 7.33. The highest BCUT2D eigenvalue weighted by atomic mass is 32.1. The van der Waals surface area contributed by atoms with Crippen LogP contribution in [0.25, 0.3) is 0 Å². The SMILES string of the molecule is CC1(C)O[C@H]([C@@H](O)CC=[S+]c2ccccc2)[C@@H]([C@H]2COC(C)(C)O2)O1. The number of rotatable bonds is 5. The number of aliphatic hydroxyl groups excluding tert-OH is 1. The highest BCUT2D eigenvalue weighted by Gasteiger charge is 2.51. The minimum Gasteiger partial charge on any atom is -0.390 e. The minimum atomic E-state index is -0.751. The van der Waals surface area contributed by atoms with Gasteiger partial charge in [-0.05, 0) is 27.7 Å². The van der Waals surface area contributed by atoms with Crippen molar-refractivity contribution in [2.24, 2.45) is 0 Å². The summed E-state index contributed by atoms with van der Waals surface area (Å²) in [5, 5.41) is 12.7. The minimum absolute atomic E-state index is 0.252. The van der Waals surface area contributed by atoms with Crippen LogP contribution in [-0.4, -0.2) is 53.1 Å². The van der Waals surface area contributed by atoms with E-state index in [9.17, 15) is 5.11 Å². The van der Waals surface area contributed by atoms with Crippen LogP contribution in [0.5, 0.6) is 0 Å². The van der Waals surface area contributed by atoms with Gasteiger partial charge in [0.05, 0.1) is 12.7 Å². The van der Waals surface area contributed by atoms with E-state index in [0.29, 0.717) is 13.0 Å². The summed E-state index contributed by atoms with van der Waals surface area (Å²) in [7, 11) is 0. The summed E-state index contributed by atoms with van der Waals surface area (Å²) in [6, 6.07) is 10.1. The topological polar surface area (TPSA) is 57.2 Å². The molecule has 6 heteroatoms. The molecule has 0 spiro atoms. The van der Waals surface area contributed by atoms with Crippen LogP contribution in [0.1, 0.15) is 34.1 Å². The number of ether oxygens (including phenoxy) is 4. The molecular weight excluding hydrogens is 340 g/mol. The molecular formula is C19H27O5S+. The fourth-order valence-electron chi connectivity index (χ4n) is 3.16. The van der Waals surface area contributed by atoms with Crippen LogP contribution >= 0.6 is 0 Å². The number of hydrogen-bond donors (Lipinski definition) is 1. The smallest absolute Gasteiger partial charge is 0.230 e. The molecule has 5 nitrogen and oxygen atoms in total. The summed E-state index contributed by atoms with van der Waals surface area (Å²) < 4.78 is 23.6. The molecule has 0 unspecified atom stereocenters. The van der Waals surface area contributed by atoms with Gasteiger partial charge >= 0.3 is 0 Å². The average Bonchev–Trinajstić information content (AvgIpc) is 3.07. The monoisotopic (exact) mass is 367 g/mol. The van der Waals surface area contributed by atoms with Gasteiger partial charge in [-0.2, -0.15) is 0 Å². The lowest BCUT2D eigenvalue weighted by Crippen LogP contribution is -2.44. The Morgan fingerprint density at radius 3 is 2.48 bits per heavy atom. The van der Waals surface area contributed by atoms with Crippen LogP contribution in [0.15, 0.2) is 35.2 Å². The third-order valence-electron chi connectivity index (χ3n) is 4.24. The fraction of sp³-hybridized carbons (Fsp3) is 0.632. The first-order valence-corrected chi connectivity index (χ1v) is 9.53. The van der Waals surface area contributed by atoms with Crippen molar-refractivity contribution in [2.75, 3.05) is 6.61 Å². The third kappa shape index (κ3) is 4.84. The van der Waals surface area contributed by atoms with Gasteiger partial charge in [-0.15, -0.1) is 0 Å². The van der Waals surface area contributed by atoms with Gasteiger partial charge in [0.15, 0.2) is 16.9 Å². The maximum atomic E-state index is 10.7. The van der Waals surface area contributed by atoms with Crippen LogP contribution in [0, 0.1) is 0 Å². The molecule has 0 radical (unpaired) electrons. The highest BCUT2D eigenvalue weighted by Crippen LogP contribution is 2.37. The van der Waals surface area contributed by atoms with E-state index in [4.69, 9.17) is 18.9 Å². The third-order valence-corrected chi connectivity index (χ3v) is 5.14. The predicted molar refractivity (Wildman–Crippen MR) is 97.5 cm³/mol. The predicted octanol–water partition coefficient (Wildman–Crippen LogP) is 2.35. The summed E-state index contributed by atoms with van der Waals surface area (Å²) in [6.45, 7) is 7.91. The second-order valence-corrected chi connectivity index (χ2v) is 8.37. The van der Waals surface area contributed by atoms with Gasteiger partial charge in [0.25, 0.3) is 0 Å². The Balaban J connectivity index is 1.64. The molecule has 0 bridgehead atoms. The first-order chi connectivity index (χ1) is 11.8. The summed E-state index contributed by atoms with van der Waals surface area (Å²) >= 11 is 1.60. The van der Waals surface area contributed by atoms with Gasteiger partial charge in [-0.3, -0.25) is 0 Å². The summed E-state index contributed by atoms with van der Waals surface area (Å²) in [4.78, 5) is 1.14. The van der Waals surface area contributed by atoms with Crippen LogP contribution < -0.4 is 0 Å². The van der Waals surface area contributed by atoms with Gasteiger partial charge in [0.2, 0.25) is 16.2 Å². The first-order valence-electron chi connectivity index (χ1n) is 8.65. The van der Waals surface area contributed by atoms with Gasteiger partial charge in [-0.25, -0.2) is 0 Å². The Bertz CT molecular complexity index is 601. The van der Waals surface area contributed by atoms with E-state index < -0.39 is 23.8 Å². The Kier molecular flexibility index (Phi) is 5.58. The van der Waals surface area contributed by atoms with E-state index >= 15 is 0 Å². The molecule has 2 fully saturated rings. The lowest BCUT2D eigenvalue weighted by atomic mass is 10.0. The summed E-state index contributed by atoms with van der Waals surface area (Å²) in [6.07, 6.45) is -1.24. The van der Waals surface area contributed by atoms with Crippen molar-refractivity contribution in [1.29, 1.82) is 0 Å². The molecule has 138 valence electrons. The van der Waals surface area contributed by atoms with Gasteiger partial charge in [-0.1, -0.05) is 18.2 Å². The summed E-state index contributed by atoms with van der Waals surface area (Å²) in [5.74, 6) is -1.38. The molecule has 2 aliphatic rings. The number of benzene rings is 1. The quantitative estimate of drug-likeness (QED) is 0.640. The van der Waals surface area contributed by atoms with Crippen molar-refractivity contribution in [1.82, 2.24) is 0 Å². The molecule has 2 aliphatic heterocycles. The van der Waals surface area contributed by atoms with Crippen molar-refractivity contribution < 1.29 is 24.1 Å². The van der Waals surface area contributed by atoms with E-state index in [2.05, 4.69) is 0 Å². The molecule has 25 heavy (non-hydrogen) atoms. The molecule has 1 aromatic rings. The van der Waals surface area contributed by atoms with Crippen LogP contribution in [0.2, 0.25) is 0 Å². The number of hydrogen-bond acceptors (Lipinski definition) is 5. The largest absolute Gasteiger partial charge is 0.390 e. The van der Waals surface area contributed by atoms with Crippen molar-refractivity contribution in [2.45, 2.75) is 75.0 Å². The average molecular weight is 367 g/mol. The van der Waals surface area contributed by atoms with Crippen molar-refractivity contribution in [3.8, 4) is 0 Å². The Labute approximate surface area is 153 Å². The molecule has 1 aromatic carbocycles. The molecule has 0 saturated carbocycles. The van der Waals surface area contributed by atoms with Crippen LogP contribution in [0.4, 0.5) is 0 Å². The van der Waals surface area contributed by atoms with Gasteiger partial charge < -0.3 is 24.1 Å². The van der Waals surface area contributed by atoms with Crippen molar-refractivity contribution in [3.05, 3.63) is 30.3 Å². The Hall–Kier alpha value is -0.890. The van der Waals surface area contributed by atoms with Gasteiger partial charge in [0.1, 0.15) is 18.3 Å². The second kappa shape index (κ2) is 7.39. The van der Waals surface area contributed by atoms with Crippen molar-refractivity contribution in [3.63, 3.8) is 0 Å². The maximum Gasteiger partial charge on any atom is 0.230 e. The molecule has 2 heterocycles. The molecule has 3 rings (SSSR count). The van der Waals surface area contributed by atoms with E-state index in [1.165, 1.54) is 0 Å². The van der Waals surface area contributed by atoms with Crippen molar-refractivity contribution >= 4 is 16.7 Å². The van der Waals surface area contributed by atoms with E-state index in [1.54, 1.807) is 11.4 Å².